The summed E-state index contributed by atoms with van der Waals surface area (Å²) in [6.45, 7) is 1.46. The molecule has 0 aliphatic heterocycles. The van der Waals surface area contributed by atoms with Crippen LogP contribution in [0.15, 0.2) is 54.6 Å². The van der Waals surface area contributed by atoms with E-state index in [1.54, 1.807) is 13.2 Å². The number of benzene rings is 3. The van der Waals surface area contributed by atoms with Crippen LogP contribution in [0.25, 0.3) is 21.0 Å². The lowest BCUT2D eigenvalue weighted by Gasteiger charge is -2.09. The van der Waals surface area contributed by atoms with E-state index >= 15 is 0 Å². The van der Waals surface area contributed by atoms with E-state index in [1.165, 1.54) is 18.3 Å². The fourth-order valence-corrected chi connectivity index (χ4v) is 3.89. The van der Waals surface area contributed by atoms with Crippen LogP contribution >= 0.6 is 11.3 Å². The zero-order valence-electron chi connectivity index (χ0n) is 15.3. The number of hydrogen-bond acceptors (Lipinski definition) is 5. The number of hydrogen-bond donors (Lipinski definition) is 2. The van der Waals surface area contributed by atoms with Gasteiger partial charge in [0, 0.05) is 12.6 Å². The van der Waals surface area contributed by atoms with Crippen molar-refractivity contribution in [3.05, 3.63) is 60.2 Å². The quantitative estimate of drug-likeness (QED) is 0.530. The molecule has 140 valence electrons. The highest BCUT2D eigenvalue weighted by Gasteiger charge is 2.16. The first-order valence-corrected chi connectivity index (χ1v) is 9.41. The summed E-state index contributed by atoms with van der Waals surface area (Å²) in [5, 5.41) is 8.03. The van der Waals surface area contributed by atoms with Crippen LogP contribution in [0, 0.1) is 0 Å². The second-order valence-corrected chi connectivity index (χ2v) is 7.27. The number of nitrogens with one attached hydrogen (secondary N) is 2. The van der Waals surface area contributed by atoms with Crippen LogP contribution in [-0.2, 0) is 4.79 Å². The van der Waals surface area contributed by atoms with Gasteiger partial charge in [-0.15, -0.1) is 0 Å². The normalized spacial score (nSPS) is 10.8. The number of amides is 2. The van der Waals surface area contributed by atoms with Gasteiger partial charge in [0.15, 0.2) is 5.13 Å². The van der Waals surface area contributed by atoms with Crippen molar-refractivity contribution in [1.82, 2.24) is 4.98 Å². The Morgan fingerprint density at radius 1 is 1.00 bits per heavy atom. The van der Waals surface area contributed by atoms with Crippen molar-refractivity contribution in [3.63, 3.8) is 0 Å². The van der Waals surface area contributed by atoms with Crippen LogP contribution in [0.1, 0.15) is 17.3 Å². The van der Waals surface area contributed by atoms with Crippen LogP contribution in [0.2, 0.25) is 0 Å². The predicted molar refractivity (Wildman–Crippen MR) is 112 cm³/mol. The van der Waals surface area contributed by atoms with Gasteiger partial charge in [0.25, 0.3) is 5.91 Å². The SMILES string of the molecule is COc1cc2ccccc2cc1C(=O)Nc1nc2ccc(NC(C)=O)cc2s1. The maximum absolute atomic E-state index is 12.8. The molecule has 2 amide bonds. The minimum absolute atomic E-state index is 0.138. The van der Waals surface area contributed by atoms with Crippen LogP contribution in [0.5, 0.6) is 5.75 Å². The van der Waals surface area contributed by atoms with E-state index in [0.717, 1.165) is 21.0 Å². The molecule has 6 nitrogen and oxygen atoms in total. The smallest absolute Gasteiger partial charge is 0.261 e. The highest BCUT2D eigenvalue weighted by atomic mass is 32.1. The van der Waals surface area contributed by atoms with Crippen molar-refractivity contribution in [3.8, 4) is 5.75 Å². The lowest BCUT2D eigenvalue weighted by molar-refractivity contribution is -0.114. The highest BCUT2D eigenvalue weighted by Crippen LogP contribution is 2.30. The number of methoxy groups -OCH3 is 1. The van der Waals surface area contributed by atoms with E-state index in [2.05, 4.69) is 15.6 Å². The summed E-state index contributed by atoms with van der Waals surface area (Å²) in [5.74, 6) is 0.0785. The molecule has 4 aromatic rings. The van der Waals surface area contributed by atoms with Crippen molar-refractivity contribution in [1.29, 1.82) is 0 Å². The molecule has 0 saturated carbocycles. The zero-order chi connectivity index (χ0) is 19.7. The number of ether oxygens (including phenoxy) is 1. The molecule has 7 heteroatoms. The number of carbonyl (C=O) groups excluding carboxylic acids is 2. The number of nitrogens with zero attached hydrogens (tertiary/aromatic N) is 1. The van der Waals surface area contributed by atoms with Gasteiger partial charge in [0.1, 0.15) is 5.75 Å². The molecule has 0 atom stereocenters. The molecular formula is C21H17N3O3S. The van der Waals surface area contributed by atoms with E-state index < -0.39 is 0 Å². The largest absolute Gasteiger partial charge is 0.496 e. The fraction of sp³-hybridized carbons (Fsp3) is 0.0952. The van der Waals surface area contributed by atoms with Gasteiger partial charge in [-0.3, -0.25) is 14.9 Å². The minimum atomic E-state index is -0.288. The molecule has 4 rings (SSSR count). The topological polar surface area (TPSA) is 80.3 Å². The lowest BCUT2D eigenvalue weighted by atomic mass is 10.1. The van der Waals surface area contributed by atoms with Gasteiger partial charge in [0.05, 0.1) is 22.9 Å². The van der Waals surface area contributed by atoms with E-state index in [-0.39, 0.29) is 11.8 Å². The number of thiazole rings is 1. The summed E-state index contributed by atoms with van der Waals surface area (Å²) >= 11 is 1.34. The van der Waals surface area contributed by atoms with Gasteiger partial charge < -0.3 is 10.1 Å². The molecule has 1 heterocycles. The standard InChI is InChI=1S/C21H17N3O3S/c1-12(25)22-15-7-8-17-19(11-15)28-21(23-17)24-20(26)16-9-13-5-3-4-6-14(13)10-18(16)27-2/h3-11H,1-2H3,(H,22,25)(H,23,24,26). The Hall–Kier alpha value is -3.45. The molecule has 0 saturated heterocycles. The highest BCUT2D eigenvalue weighted by molar-refractivity contribution is 7.22. The van der Waals surface area contributed by atoms with Crippen LogP contribution in [0.4, 0.5) is 10.8 Å². The molecule has 1 aromatic heterocycles. The Morgan fingerprint density at radius 2 is 1.75 bits per heavy atom. The van der Waals surface area contributed by atoms with Gasteiger partial charge in [-0.25, -0.2) is 4.98 Å². The number of fused-ring (bicyclic) bond motifs is 2. The molecule has 28 heavy (non-hydrogen) atoms. The molecule has 0 fully saturated rings. The van der Waals surface area contributed by atoms with Crippen molar-refractivity contribution in [2.45, 2.75) is 6.92 Å². The third kappa shape index (κ3) is 3.52. The fourth-order valence-electron chi connectivity index (χ4n) is 2.99. The number of anilines is 2. The van der Waals surface area contributed by atoms with Crippen LogP contribution in [0.3, 0.4) is 0 Å². The summed E-state index contributed by atoms with van der Waals surface area (Å²) in [7, 11) is 1.54. The minimum Gasteiger partial charge on any atom is -0.496 e. The second kappa shape index (κ2) is 7.28. The van der Waals surface area contributed by atoms with Crippen molar-refractivity contribution < 1.29 is 14.3 Å². The first kappa shape index (κ1) is 17.9. The van der Waals surface area contributed by atoms with Crippen molar-refractivity contribution >= 4 is 55.0 Å². The molecule has 0 bridgehead atoms. The number of aromatic nitrogens is 1. The second-order valence-electron chi connectivity index (χ2n) is 6.24. The van der Waals surface area contributed by atoms with Crippen LogP contribution < -0.4 is 15.4 Å². The first-order chi connectivity index (χ1) is 13.5. The Balaban J connectivity index is 1.64. The molecule has 0 aliphatic carbocycles. The molecule has 0 aliphatic rings. The van der Waals surface area contributed by atoms with Gasteiger partial charge in [-0.2, -0.15) is 0 Å². The summed E-state index contributed by atoms with van der Waals surface area (Å²) < 4.78 is 6.27. The lowest BCUT2D eigenvalue weighted by Crippen LogP contribution is -2.13. The predicted octanol–water partition coefficient (Wildman–Crippen LogP) is 4.67. The Morgan fingerprint density at radius 3 is 2.46 bits per heavy atom. The summed E-state index contributed by atoms with van der Waals surface area (Å²) in [6.07, 6.45) is 0. The number of rotatable bonds is 4. The molecule has 0 spiro atoms. The third-order valence-electron chi connectivity index (χ3n) is 4.24. The van der Waals surface area contributed by atoms with E-state index in [0.29, 0.717) is 22.1 Å². The van der Waals surface area contributed by atoms with E-state index in [4.69, 9.17) is 4.74 Å². The Bertz CT molecular complexity index is 1220. The maximum atomic E-state index is 12.8. The monoisotopic (exact) mass is 391 g/mol. The van der Waals surface area contributed by atoms with Gasteiger partial charge in [-0.1, -0.05) is 35.6 Å². The summed E-state index contributed by atoms with van der Waals surface area (Å²) in [5.41, 5.74) is 1.89. The average molecular weight is 391 g/mol. The Labute approximate surface area is 165 Å². The maximum Gasteiger partial charge on any atom is 0.261 e. The Kier molecular flexibility index (Phi) is 4.67. The molecule has 2 N–H and O–H groups in total. The average Bonchev–Trinajstić information content (AvgIpc) is 3.07. The number of carbonyl (C=O) groups is 2. The molecule has 3 aromatic carbocycles. The van der Waals surface area contributed by atoms with Gasteiger partial charge in [0.2, 0.25) is 5.91 Å². The molecular weight excluding hydrogens is 374 g/mol. The van der Waals surface area contributed by atoms with Crippen molar-refractivity contribution in [2.75, 3.05) is 17.7 Å². The molecule has 0 unspecified atom stereocenters. The summed E-state index contributed by atoms with van der Waals surface area (Å²) in [4.78, 5) is 28.5. The van der Waals surface area contributed by atoms with Gasteiger partial charge in [-0.05, 0) is 41.1 Å². The zero-order valence-corrected chi connectivity index (χ0v) is 16.1. The van der Waals surface area contributed by atoms with Crippen molar-refractivity contribution in [2.24, 2.45) is 0 Å². The molecule has 0 radical (unpaired) electrons. The third-order valence-corrected chi connectivity index (χ3v) is 5.18. The summed E-state index contributed by atoms with van der Waals surface area (Å²) in [6, 6.07) is 16.9. The first-order valence-electron chi connectivity index (χ1n) is 8.60. The van der Waals surface area contributed by atoms with Gasteiger partial charge >= 0.3 is 0 Å². The van der Waals surface area contributed by atoms with E-state index in [9.17, 15) is 9.59 Å². The van der Waals surface area contributed by atoms with Crippen LogP contribution in [-0.4, -0.2) is 23.9 Å². The van der Waals surface area contributed by atoms with E-state index in [1.807, 2.05) is 48.5 Å².